The summed E-state index contributed by atoms with van der Waals surface area (Å²) in [4.78, 5) is 11.3. The SMILES string of the molecule is CCc1cnc(N2CC3C(COc4ccc(Br)cc4)C3C2)nc1. The number of hydrogen-bond acceptors (Lipinski definition) is 4. The maximum Gasteiger partial charge on any atom is 0.225 e. The van der Waals surface area contributed by atoms with Crippen molar-refractivity contribution in [1.29, 1.82) is 0 Å². The number of aromatic nitrogens is 2. The van der Waals surface area contributed by atoms with E-state index in [0.29, 0.717) is 5.92 Å². The Morgan fingerprint density at radius 1 is 1.13 bits per heavy atom. The van der Waals surface area contributed by atoms with Crippen LogP contribution in [0.5, 0.6) is 5.75 Å². The van der Waals surface area contributed by atoms with Gasteiger partial charge in [-0.05, 0) is 48.1 Å². The Kier molecular flexibility index (Phi) is 3.97. The molecule has 120 valence electrons. The van der Waals surface area contributed by atoms with Gasteiger partial charge in [0.2, 0.25) is 5.95 Å². The van der Waals surface area contributed by atoms with E-state index in [1.165, 1.54) is 5.56 Å². The predicted octanol–water partition coefficient (Wildman–Crippen LogP) is 3.56. The fraction of sp³-hybridized carbons (Fsp3) is 0.444. The first kappa shape index (κ1) is 14.9. The van der Waals surface area contributed by atoms with Crippen LogP contribution in [0.15, 0.2) is 41.1 Å². The summed E-state index contributed by atoms with van der Waals surface area (Å²) in [6.07, 6.45) is 4.88. The number of nitrogens with zero attached hydrogens (tertiary/aromatic N) is 3. The van der Waals surface area contributed by atoms with Gasteiger partial charge in [0.25, 0.3) is 0 Å². The molecule has 0 bridgehead atoms. The molecule has 2 fully saturated rings. The number of ether oxygens (including phenoxy) is 1. The zero-order valence-corrected chi connectivity index (χ0v) is 14.7. The van der Waals surface area contributed by atoms with Crippen molar-refractivity contribution in [3.63, 3.8) is 0 Å². The summed E-state index contributed by atoms with van der Waals surface area (Å²) in [5.74, 6) is 3.99. The molecule has 1 aliphatic carbocycles. The maximum absolute atomic E-state index is 5.92. The molecule has 2 unspecified atom stereocenters. The van der Waals surface area contributed by atoms with Gasteiger partial charge in [-0.2, -0.15) is 0 Å². The van der Waals surface area contributed by atoms with Crippen molar-refractivity contribution in [2.45, 2.75) is 13.3 Å². The first-order chi connectivity index (χ1) is 11.2. The van der Waals surface area contributed by atoms with E-state index in [0.717, 1.165) is 54.1 Å². The summed E-state index contributed by atoms with van der Waals surface area (Å²) >= 11 is 3.44. The molecule has 1 aliphatic heterocycles. The lowest BCUT2D eigenvalue weighted by Gasteiger charge is -2.19. The summed E-state index contributed by atoms with van der Waals surface area (Å²) in [5.41, 5.74) is 1.19. The lowest BCUT2D eigenvalue weighted by molar-refractivity contribution is 0.283. The third-order valence-electron chi connectivity index (χ3n) is 5.01. The number of hydrogen-bond donors (Lipinski definition) is 0. The average Bonchev–Trinajstić information content (AvgIpc) is 3.04. The van der Waals surface area contributed by atoms with Crippen LogP contribution in [0.1, 0.15) is 12.5 Å². The third kappa shape index (κ3) is 3.07. The Morgan fingerprint density at radius 2 is 1.78 bits per heavy atom. The van der Waals surface area contributed by atoms with E-state index >= 15 is 0 Å². The monoisotopic (exact) mass is 373 g/mol. The van der Waals surface area contributed by atoms with Crippen LogP contribution in [-0.4, -0.2) is 29.7 Å². The quantitative estimate of drug-likeness (QED) is 0.802. The number of fused-ring (bicyclic) bond motifs is 1. The number of anilines is 1. The molecule has 0 radical (unpaired) electrons. The topological polar surface area (TPSA) is 38.2 Å². The minimum absolute atomic E-state index is 0.685. The van der Waals surface area contributed by atoms with Gasteiger partial charge in [-0.25, -0.2) is 9.97 Å². The maximum atomic E-state index is 5.92. The zero-order chi connectivity index (χ0) is 15.8. The molecule has 1 saturated carbocycles. The Balaban J connectivity index is 1.28. The minimum Gasteiger partial charge on any atom is -0.493 e. The molecule has 1 aromatic heterocycles. The third-order valence-corrected chi connectivity index (χ3v) is 5.54. The zero-order valence-electron chi connectivity index (χ0n) is 13.2. The second-order valence-electron chi connectivity index (χ2n) is 6.41. The number of benzene rings is 1. The van der Waals surface area contributed by atoms with E-state index in [4.69, 9.17) is 4.74 Å². The van der Waals surface area contributed by atoms with Gasteiger partial charge in [0.15, 0.2) is 0 Å². The molecule has 0 N–H and O–H groups in total. The first-order valence-electron chi connectivity index (χ1n) is 8.19. The smallest absolute Gasteiger partial charge is 0.225 e. The van der Waals surface area contributed by atoms with E-state index in [1.54, 1.807) is 0 Å². The van der Waals surface area contributed by atoms with Crippen molar-refractivity contribution in [1.82, 2.24) is 9.97 Å². The number of piperidine rings is 1. The van der Waals surface area contributed by atoms with Gasteiger partial charge in [-0.3, -0.25) is 0 Å². The van der Waals surface area contributed by atoms with Crippen molar-refractivity contribution in [2.24, 2.45) is 17.8 Å². The van der Waals surface area contributed by atoms with Crippen LogP contribution >= 0.6 is 15.9 Å². The van der Waals surface area contributed by atoms with Crippen molar-refractivity contribution >= 4 is 21.9 Å². The summed E-state index contributed by atoms with van der Waals surface area (Å²) in [6, 6.07) is 8.06. The van der Waals surface area contributed by atoms with E-state index in [-0.39, 0.29) is 0 Å². The Morgan fingerprint density at radius 3 is 2.39 bits per heavy atom. The summed E-state index contributed by atoms with van der Waals surface area (Å²) in [7, 11) is 0. The van der Waals surface area contributed by atoms with Crippen LogP contribution < -0.4 is 9.64 Å². The standard InChI is InChI=1S/C18H20BrN3O/c1-2-12-7-20-18(21-8-12)22-9-15-16(10-22)17(15)11-23-14-5-3-13(19)4-6-14/h3-8,15-17H,2,9-11H2,1H3. The van der Waals surface area contributed by atoms with Crippen LogP contribution in [0.3, 0.4) is 0 Å². The fourth-order valence-electron chi connectivity index (χ4n) is 3.48. The Hall–Kier alpha value is -1.62. The molecular weight excluding hydrogens is 354 g/mol. The van der Waals surface area contributed by atoms with Crippen LogP contribution in [0.2, 0.25) is 0 Å². The van der Waals surface area contributed by atoms with Crippen molar-refractivity contribution in [3.05, 3.63) is 46.7 Å². The molecule has 23 heavy (non-hydrogen) atoms. The largest absolute Gasteiger partial charge is 0.493 e. The lowest BCUT2D eigenvalue weighted by atomic mass is 10.2. The van der Waals surface area contributed by atoms with E-state index in [1.807, 2.05) is 36.7 Å². The summed E-state index contributed by atoms with van der Waals surface area (Å²) in [6.45, 7) is 5.06. The molecule has 4 nitrogen and oxygen atoms in total. The van der Waals surface area contributed by atoms with Crippen LogP contribution in [-0.2, 0) is 6.42 Å². The van der Waals surface area contributed by atoms with Gasteiger partial charge in [-0.15, -0.1) is 0 Å². The molecule has 2 heterocycles. The van der Waals surface area contributed by atoms with Gasteiger partial charge in [0, 0.05) is 35.9 Å². The molecular formula is C18H20BrN3O. The minimum atomic E-state index is 0.685. The van der Waals surface area contributed by atoms with Gasteiger partial charge in [-0.1, -0.05) is 22.9 Å². The van der Waals surface area contributed by atoms with Gasteiger partial charge in [0.05, 0.1) is 6.61 Å². The van der Waals surface area contributed by atoms with Crippen molar-refractivity contribution in [3.8, 4) is 5.75 Å². The second kappa shape index (κ2) is 6.11. The Labute approximate surface area is 145 Å². The van der Waals surface area contributed by atoms with E-state index < -0.39 is 0 Å². The van der Waals surface area contributed by atoms with Gasteiger partial charge >= 0.3 is 0 Å². The highest BCUT2D eigenvalue weighted by Crippen LogP contribution is 2.52. The molecule has 2 aliphatic rings. The first-order valence-corrected chi connectivity index (χ1v) is 8.98. The average molecular weight is 374 g/mol. The molecule has 4 rings (SSSR count). The van der Waals surface area contributed by atoms with Gasteiger partial charge < -0.3 is 9.64 Å². The highest BCUT2D eigenvalue weighted by atomic mass is 79.9. The van der Waals surface area contributed by atoms with Crippen molar-refractivity contribution in [2.75, 3.05) is 24.6 Å². The molecule has 1 aromatic carbocycles. The predicted molar refractivity (Wildman–Crippen MR) is 93.7 cm³/mol. The van der Waals surface area contributed by atoms with Crippen molar-refractivity contribution < 1.29 is 4.74 Å². The molecule has 1 saturated heterocycles. The molecule has 2 aromatic rings. The second-order valence-corrected chi connectivity index (χ2v) is 7.32. The number of aryl methyl sites for hydroxylation is 1. The van der Waals surface area contributed by atoms with Crippen LogP contribution in [0, 0.1) is 17.8 Å². The Bertz CT molecular complexity index is 662. The number of halogens is 1. The van der Waals surface area contributed by atoms with E-state index in [9.17, 15) is 0 Å². The lowest BCUT2D eigenvalue weighted by Crippen LogP contribution is -2.27. The van der Waals surface area contributed by atoms with Gasteiger partial charge in [0.1, 0.15) is 5.75 Å². The summed E-state index contributed by atoms with van der Waals surface area (Å²) < 4.78 is 7.00. The highest BCUT2D eigenvalue weighted by molar-refractivity contribution is 9.10. The fourth-order valence-corrected chi connectivity index (χ4v) is 3.74. The molecule has 0 amide bonds. The molecule has 5 heteroatoms. The van der Waals surface area contributed by atoms with Crippen LogP contribution in [0.4, 0.5) is 5.95 Å². The molecule has 0 spiro atoms. The summed E-state index contributed by atoms with van der Waals surface area (Å²) in [5, 5.41) is 0. The van der Waals surface area contributed by atoms with Crippen LogP contribution in [0.25, 0.3) is 0 Å². The van der Waals surface area contributed by atoms with E-state index in [2.05, 4.69) is 37.7 Å². The number of rotatable bonds is 5. The highest BCUT2D eigenvalue weighted by Gasteiger charge is 2.56. The molecule has 2 atom stereocenters. The normalized spacial score (nSPS) is 25.3.